The normalized spacial score (nSPS) is 16.2. The molecule has 15 nitrogen and oxygen atoms in total. The van der Waals surface area contributed by atoms with Crippen molar-refractivity contribution in [2.45, 2.75) is 95.3 Å². The second-order valence-corrected chi connectivity index (χ2v) is 15.1. The molecule has 316 valence electrons. The first kappa shape index (κ1) is 45.5. The molecule has 8 N–H and O–H groups in total. The average Bonchev–Trinajstić information content (AvgIpc) is 3.82. The smallest absolute Gasteiger partial charge is 0.407 e. The van der Waals surface area contributed by atoms with E-state index in [0.29, 0.717) is 19.3 Å². The van der Waals surface area contributed by atoms with Crippen LogP contribution in [0, 0.1) is 5.92 Å². The van der Waals surface area contributed by atoms with E-state index in [-0.39, 0.29) is 63.7 Å². The van der Waals surface area contributed by atoms with Gasteiger partial charge in [0.15, 0.2) is 11.7 Å². The topological polar surface area (TPSA) is 236 Å². The minimum Gasteiger partial charge on any atom is -0.480 e. The first-order valence-electron chi connectivity index (χ1n) is 19.9. The number of Topliss-reactive ketones (excluding diaryl/α,β-unsaturated/α-hetero) is 1. The van der Waals surface area contributed by atoms with Crippen molar-refractivity contribution in [1.82, 2.24) is 20.9 Å². The molecule has 2 aromatic rings. The van der Waals surface area contributed by atoms with Crippen LogP contribution in [0.15, 0.2) is 90.5 Å². The summed E-state index contributed by atoms with van der Waals surface area (Å²) in [5, 5.41) is 17.6. The fourth-order valence-corrected chi connectivity index (χ4v) is 7.50. The van der Waals surface area contributed by atoms with E-state index < -0.39 is 65.7 Å². The SMILES string of the molecule is C=CC[C@H](NC(=O)[C@H](CCCN=C(N)N)CC(=O)[C@H](CC=C(C)C)NC(=O)C1CCCN1C(=O)[C@H](CC=C)NC(=O)OCC1c2ccccc2-c2ccccc21)C(=O)O. The molecule has 0 radical (unpaired) electrons. The van der Waals surface area contributed by atoms with E-state index in [0.717, 1.165) is 27.8 Å². The molecular formula is C44H57N7O8. The van der Waals surface area contributed by atoms with Gasteiger partial charge in [0.2, 0.25) is 17.7 Å². The highest BCUT2D eigenvalue weighted by Crippen LogP contribution is 2.44. The van der Waals surface area contributed by atoms with E-state index in [1.54, 1.807) is 6.08 Å². The number of aliphatic imine (C=N–C) groups is 1. The van der Waals surface area contributed by atoms with Crippen LogP contribution in [-0.4, -0.2) is 95.4 Å². The molecule has 5 atom stereocenters. The number of amides is 4. The Morgan fingerprint density at radius 3 is 2.12 bits per heavy atom. The second kappa shape index (κ2) is 22.0. The van der Waals surface area contributed by atoms with E-state index in [9.17, 15) is 33.9 Å². The summed E-state index contributed by atoms with van der Waals surface area (Å²) >= 11 is 0. The molecular weight excluding hydrogens is 755 g/mol. The van der Waals surface area contributed by atoms with E-state index in [2.05, 4.69) is 34.1 Å². The van der Waals surface area contributed by atoms with Crippen LogP contribution in [0.5, 0.6) is 0 Å². The van der Waals surface area contributed by atoms with E-state index >= 15 is 0 Å². The maximum atomic E-state index is 14.0. The van der Waals surface area contributed by atoms with Crippen molar-refractivity contribution in [2.24, 2.45) is 22.4 Å². The van der Waals surface area contributed by atoms with Gasteiger partial charge in [-0.3, -0.25) is 24.2 Å². The van der Waals surface area contributed by atoms with Gasteiger partial charge in [-0.25, -0.2) is 9.59 Å². The number of rotatable bonds is 22. The lowest BCUT2D eigenvalue weighted by molar-refractivity contribution is -0.142. The van der Waals surface area contributed by atoms with Gasteiger partial charge in [-0.15, -0.1) is 13.2 Å². The zero-order valence-electron chi connectivity index (χ0n) is 33.9. The van der Waals surface area contributed by atoms with Gasteiger partial charge in [-0.2, -0.15) is 0 Å². The number of aliphatic carboxylic acids is 1. The second-order valence-electron chi connectivity index (χ2n) is 15.1. The molecule has 15 heteroatoms. The number of benzene rings is 2. The zero-order chi connectivity index (χ0) is 43.1. The Morgan fingerprint density at radius 1 is 0.898 bits per heavy atom. The van der Waals surface area contributed by atoms with E-state index in [4.69, 9.17) is 16.2 Å². The molecule has 1 aliphatic heterocycles. The summed E-state index contributed by atoms with van der Waals surface area (Å²) in [6.45, 7) is 11.5. The molecule has 0 aromatic heterocycles. The molecule has 59 heavy (non-hydrogen) atoms. The first-order valence-corrected chi connectivity index (χ1v) is 19.9. The summed E-state index contributed by atoms with van der Waals surface area (Å²) in [4.78, 5) is 85.7. The highest BCUT2D eigenvalue weighted by molar-refractivity contribution is 5.96. The largest absolute Gasteiger partial charge is 0.480 e. The Bertz CT molecular complexity index is 1890. The summed E-state index contributed by atoms with van der Waals surface area (Å²) in [5.74, 6) is -4.66. The number of alkyl carbamates (subject to hydrolysis) is 1. The van der Waals surface area contributed by atoms with Crippen LogP contribution < -0.4 is 27.4 Å². The molecule has 2 aliphatic rings. The van der Waals surface area contributed by atoms with Crippen molar-refractivity contribution in [2.75, 3.05) is 19.7 Å². The first-order chi connectivity index (χ1) is 28.2. The maximum Gasteiger partial charge on any atom is 0.407 e. The third-order valence-electron chi connectivity index (χ3n) is 10.5. The van der Waals surface area contributed by atoms with Gasteiger partial charge in [-0.05, 0) is 81.0 Å². The third kappa shape index (κ3) is 12.6. The van der Waals surface area contributed by atoms with Crippen LogP contribution in [0.2, 0.25) is 0 Å². The van der Waals surface area contributed by atoms with Crippen LogP contribution in [0.1, 0.15) is 82.3 Å². The quantitative estimate of drug-likeness (QED) is 0.0432. The number of likely N-dealkylation sites (tertiary alicyclic amines) is 1. The van der Waals surface area contributed by atoms with Gasteiger partial charge in [0, 0.05) is 31.3 Å². The van der Waals surface area contributed by atoms with Gasteiger partial charge in [-0.1, -0.05) is 72.3 Å². The number of carboxylic acid groups (broad SMARTS) is 1. The summed E-state index contributed by atoms with van der Waals surface area (Å²) in [6, 6.07) is 11.6. The molecule has 1 aliphatic carbocycles. The summed E-state index contributed by atoms with van der Waals surface area (Å²) < 4.78 is 5.71. The van der Waals surface area contributed by atoms with Gasteiger partial charge >= 0.3 is 12.1 Å². The number of guanidine groups is 1. The number of hydrogen-bond donors (Lipinski definition) is 6. The minimum atomic E-state index is -1.25. The van der Waals surface area contributed by atoms with Gasteiger partial charge in [0.05, 0.1) is 6.04 Å². The lowest BCUT2D eigenvalue weighted by Gasteiger charge is -2.29. The Hall–Kier alpha value is -6.25. The lowest BCUT2D eigenvalue weighted by Crippen LogP contribution is -2.55. The Balaban J connectivity index is 1.44. The van der Waals surface area contributed by atoms with E-state index in [1.165, 1.54) is 17.1 Å². The predicted octanol–water partition coefficient (Wildman–Crippen LogP) is 4.08. The van der Waals surface area contributed by atoms with Crippen LogP contribution in [0.4, 0.5) is 4.79 Å². The van der Waals surface area contributed by atoms with Crippen molar-refractivity contribution < 1.29 is 38.6 Å². The Labute approximate surface area is 345 Å². The highest BCUT2D eigenvalue weighted by atomic mass is 16.5. The van der Waals surface area contributed by atoms with Crippen molar-refractivity contribution >= 4 is 41.5 Å². The predicted molar refractivity (Wildman–Crippen MR) is 225 cm³/mol. The lowest BCUT2D eigenvalue weighted by atomic mass is 9.91. The highest BCUT2D eigenvalue weighted by Gasteiger charge is 2.39. The third-order valence-corrected chi connectivity index (χ3v) is 10.5. The number of nitrogens with one attached hydrogen (secondary N) is 3. The zero-order valence-corrected chi connectivity index (χ0v) is 33.9. The van der Waals surface area contributed by atoms with Crippen LogP contribution in [-0.2, 0) is 28.7 Å². The molecule has 1 heterocycles. The van der Waals surface area contributed by atoms with E-state index in [1.807, 2.05) is 62.4 Å². The number of carbonyl (C=O) groups is 6. The number of carboxylic acids is 1. The molecule has 0 bridgehead atoms. The molecule has 0 saturated carbocycles. The number of ketones is 1. The van der Waals surface area contributed by atoms with Crippen LogP contribution in [0.25, 0.3) is 11.1 Å². The van der Waals surface area contributed by atoms with Crippen molar-refractivity contribution in [3.8, 4) is 11.1 Å². The fourth-order valence-electron chi connectivity index (χ4n) is 7.50. The molecule has 4 amide bonds. The van der Waals surface area contributed by atoms with Crippen LogP contribution in [0.3, 0.4) is 0 Å². The van der Waals surface area contributed by atoms with Crippen molar-refractivity contribution in [1.29, 1.82) is 0 Å². The Morgan fingerprint density at radius 2 is 1.53 bits per heavy atom. The Kier molecular flexibility index (Phi) is 17.0. The van der Waals surface area contributed by atoms with Gasteiger partial charge < -0.3 is 42.2 Å². The summed E-state index contributed by atoms with van der Waals surface area (Å²) in [6.07, 6.45) is 5.06. The standard InChI is InChI=1S/C44H57N7O8/c1-5-13-35(50-44(58)59-26-33-31-18-9-7-16-29(31)30-17-8-10-19-32(30)33)41(55)51-24-12-20-37(51)40(54)48-34(22-21-27(3)4)38(52)25-28(15-11-23-47-43(45)46)39(53)49-36(14-6-2)42(56)57/h5-10,16-19,21,28,33-37H,1-2,11-15,20,22-26H2,3-4H3,(H,48,54)(H,49,53)(H,50,58)(H,56,57)(H4,45,46,47)/t28-,34+,35+,36+,37?/m1/s1. The van der Waals surface area contributed by atoms with Crippen molar-refractivity contribution in [3.63, 3.8) is 0 Å². The number of carbonyl (C=O) groups excluding carboxylic acids is 5. The fraction of sp³-hybridized carbons (Fsp3) is 0.432. The number of hydrogen-bond acceptors (Lipinski definition) is 8. The van der Waals surface area contributed by atoms with Crippen LogP contribution >= 0.6 is 0 Å². The molecule has 1 fully saturated rings. The molecule has 1 unspecified atom stereocenters. The number of fused-ring (bicyclic) bond motifs is 3. The summed E-state index contributed by atoms with van der Waals surface area (Å²) in [7, 11) is 0. The molecule has 1 saturated heterocycles. The van der Waals surface area contributed by atoms with Gasteiger partial charge in [0.25, 0.3) is 0 Å². The molecule has 2 aromatic carbocycles. The number of nitrogens with zero attached hydrogens (tertiary/aromatic N) is 2. The molecule has 4 rings (SSSR count). The number of ether oxygens (including phenoxy) is 1. The van der Waals surface area contributed by atoms with Gasteiger partial charge in [0.1, 0.15) is 24.7 Å². The van der Waals surface area contributed by atoms with Crippen molar-refractivity contribution in [3.05, 3.63) is 96.6 Å². The monoisotopic (exact) mass is 811 g/mol. The number of allylic oxidation sites excluding steroid dienone is 1. The average molecular weight is 812 g/mol. The molecule has 0 spiro atoms. The maximum absolute atomic E-state index is 14.0. The number of nitrogens with two attached hydrogens (primary N) is 2. The summed E-state index contributed by atoms with van der Waals surface area (Å²) in [5.41, 5.74) is 16.0. The minimum absolute atomic E-state index is 0.0273.